The van der Waals surface area contributed by atoms with Crippen LogP contribution in [-0.2, 0) is 6.42 Å². The molecule has 2 atom stereocenters. The molecule has 2 N–H and O–H groups in total. The molecule has 0 amide bonds. The van der Waals surface area contributed by atoms with Gasteiger partial charge in [0.15, 0.2) is 0 Å². The molecule has 0 fully saturated rings. The molecule has 1 heterocycles. The smallest absolute Gasteiger partial charge is 0.335 e. The minimum absolute atomic E-state index is 0.204. The Morgan fingerprint density at radius 2 is 1.88 bits per heavy atom. The molecule has 32 heavy (non-hydrogen) atoms. The van der Waals surface area contributed by atoms with Crippen LogP contribution in [0.2, 0.25) is 0 Å². The summed E-state index contributed by atoms with van der Waals surface area (Å²) in [7, 11) is 0. The van der Waals surface area contributed by atoms with E-state index in [0.717, 1.165) is 40.7 Å². The molecular formula is C27H34O4S. The van der Waals surface area contributed by atoms with E-state index in [1.165, 1.54) is 10.4 Å². The number of aliphatic hydroxyl groups is 1. The van der Waals surface area contributed by atoms with Gasteiger partial charge in [0.2, 0.25) is 0 Å². The van der Waals surface area contributed by atoms with Crippen molar-refractivity contribution in [3.05, 3.63) is 64.0 Å². The van der Waals surface area contributed by atoms with Crippen LogP contribution in [0, 0.1) is 12.3 Å². The molecule has 5 heteroatoms. The molecule has 1 aromatic heterocycles. The number of carboxylic acids is 1. The van der Waals surface area contributed by atoms with Crippen molar-refractivity contribution in [1.82, 2.24) is 0 Å². The van der Waals surface area contributed by atoms with E-state index in [1.54, 1.807) is 23.5 Å². The summed E-state index contributed by atoms with van der Waals surface area (Å²) in [4.78, 5) is 12.6. The largest absolute Gasteiger partial charge is 0.491 e. The minimum atomic E-state index is -0.885. The Morgan fingerprint density at radius 1 is 1.12 bits per heavy atom. The fourth-order valence-electron chi connectivity index (χ4n) is 3.72. The number of fused-ring (bicyclic) bond motifs is 1. The van der Waals surface area contributed by atoms with Crippen molar-refractivity contribution in [3.63, 3.8) is 0 Å². The highest BCUT2D eigenvalue weighted by Gasteiger charge is 2.23. The average Bonchev–Trinajstić information content (AvgIpc) is 3.15. The monoisotopic (exact) mass is 454 g/mol. The summed E-state index contributed by atoms with van der Waals surface area (Å²) in [5.74, 6) is 0.381. The molecule has 0 aliphatic rings. The van der Waals surface area contributed by atoms with Gasteiger partial charge < -0.3 is 14.9 Å². The molecule has 3 aromatic rings. The van der Waals surface area contributed by atoms with E-state index in [1.807, 2.05) is 39.8 Å². The van der Waals surface area contributed by atoms with Gasteiger partial charge >= 0.3 is 5.97 Å². The maximum Gasteiger partial charge on any atom is 0.335 e. The Morgan fingerprint density at radius 3 is 2.50 bits per heavy atom. The summed E-state index contributed by atoms with van der Waals surface area (Å²) in [5, 5.41) is 20.6. The molecule has 0 aliphatic heterocycles. The Bertz CT molecular complexity index is 1080. The summed E-state index contributed by atoms with van der Waals surface area (Å²) in [6.07, 6.45) is 2.54. The zero-order valence-corrected chi connectivity index (χ0v) is 20.5. The van der Waals surface area contributed by atoms with Crippen molar-refractivity contribution >= 4 is 27.4 Å². The van der Waals surface area contributed by atoms with Crippen molar-refractivity contribution < 1.29 is 19.7 Å². The summed E-state index contributed by atoms with van der Waals surface area (Å²) >= 11 is 1.71. The van der Waals surface area contributed by atoms with Crippen molar-refractivity contribution in [2.45, 2.75) is 65.9 Å². The standard InChI is InChI=1S/C27H34O4S/c1-6-19(23-14-20-10-11-21(26(29)30)15-24(20)32-23)9-7-18-8-12-22(17(2)13-18)31-16-25(28)27(3,4)5/h8,10-15,19,25,28H,6-7,9,16H2,1-5H3,(H,29,30). The van der Waals surface area contributed by atoms with Crippen LogP contribution in [0.5, 0.6) is 5.75 Å². The van der Waals surface area contributed by atoms with E-state index in [0.29, 0.717) is 11.5 Å². The Hall–Kier alpha value is -2.37. The molecule has 0 spiro atoms. The second kappa shape index (κ2) is 10.1. The van der Waals surface area contributed by atoms with Crippen LogP contribution in [0.3, 0.4) is 0 Å². The highest BCUT2D eigenvalue weighted by atomic mass is 32.1. The van der Waals surface area contributed by atoms with Crippen molar-refractivity contribution in [1.29, 1.82) is 0 Å². The maximum absolute atomic E-state index is 11.3. The SMILES string of the molecule is CCC(CCc1ccc(OCC(O)C(C)(C)C)c(C)c1)c1cc2ccc(C(=O)O)cc2s1. The number of thiophene rings is 1. The van der Waals surface area contributed by atoms with Gasteiger partial charge in [-0.15, -0.1) is 11.3 Å². The molecule has 0 saturated carbocycles. The van der Waals surface area contributed by atoms with E-state index in [-0.39, 0.29) is 12.0 Å². The molecule has 2 unspecified atom stereocenters. The molecule has 0 radical (unpaired) electrons. The number of carbonyl (C=O) groups is 1. The number of rotatable bonds is 9. The Kier molecular flexibility index (Phi) is 7.63. The molecular weight excluding hydrogens is 420 g/mol. The fraction of sp³-hybridized carbons (Fsp3) is 0.444. The van der Waals surface area contributed by atoms with Crippen LogP contribution in [0.4, 0.5) is 0 Å². The second-order valence-electron chi connectivity index (χ2n) is 9.64. The summed E-state index contributed by atoms with van der Waals surface area (Å²) in [6, 6.07) is 13.9. The molecule has 0 bridgehead atoms. The number of ether oxygens (including phenoxy) is 1. The third kappa shape index (κ3) is 5.90. The van der Waals surface area contributed by atoms with Crippen molar-refractivity contribution in [2.24, 2.45) is 5.41 Å². The number of carboxylic acid groups (broad SMARTS) is 1. The third-order valence-corrected chi connectivity index (χ3v) is 7.36. The number of hydrogen-bond donors (Lipinski definition) is 2. The lowest BCUT2D eigenvalue weighted by Crippen LogP contribution is -2.32. The molecule has 3 rings (SSSR count). The van der Waals surface area contributed by atoms with Gasteiger partial charge in [0.25, 0.3) is 0 Å². The van der Waals surface area contributed by atoms with Gasteiger partial charge in [-0.2, -0.15) is 0 Å². The Labute approximate surface area is 194 Å². The third-order valence-electron chi connectivity index (χ3n) is 6.10. The highest BCUT2D eigenvalue weighted by Crippen LogP contribution is 2.36. The first-order valence-electron chi connectivity index (χ1n) is 11.3. The summed E-state index contributed by atoms with van der Waals surface area (Å²) in [5.41, 5.74) is 2.50. The second-order valence-corrected chi connectivity index (χ2v) is 10.8. The number of aryl methyl sites for hydroxylation is 2. The van der Waals surface area contributed by atoms with E-state index in [9.17, 15) is 15.0 Å². The maximum atomic E-state index is 11.3. The van der Waals surface area contributed by atoms with Crippen LogP contribution in [0.25, 0.3) is 10.1 Å². The minimum Gasteiger partial charge on any atom is -0.491 e. The molecule has 2 aromatic carbocycles. The number of aromatic carboxylic acids is 1. The van der Waals surface area contributed by atoms with E-state index >= 15 is 0 Å². The topological polar surface area (TPSA) is 66.8 Å². The first-order valence-corrected chi connectivity index (χ1v) is 12.1. The lowest BCUT2D eigenvalue weighted by Gasteiger charge is -2.26. The summed E-state index contributed by atoms with van der Waals surface area (Å²) in [6.45, 7) is 10.6. The quantitative estimate of drug-likeness (QED) is 0.372. The van der Waals surface area contributed by atoms with Gasteiger partial charge in [-0.05, 0) is 78.3 Å². The van der Waals surface area contributed by atoms with Gasteiger partial charge in [0.1, 0.15) is 12.4 Å². The van der Waals surface area contributed by atoms with Crippen LogP contribution in [0.15, 0.2) is 42.5 Å². The van der Waals surface area contributed by atoms with Crippen molar-refractivity contribution in [2.75, 3.05) is 6.61 Å². The van der Waals surface area contributed by atoms with E-state index in [4.69, 9.17) is 4.74 Å². The lowest BCUT2D eigenvalue weighted by molar-refractivity contribution is 0.0216. The first-order chi connectivity index (χ1) is 15.1. The predicted molar refractivity (Wildman–Crippen MR) is 132 cm³/mol. The van der Waals surface area contributed by atoms with E-state index in [2.05, 4.69) is 25.1 Å². The molecule has 4 nitrogen and oxygen atoms in total. The van der Waals surface area contributed by atoms with Gasteiger partial charge in [-0.25, -0.2) is 4.79 Å². The van der Waals surface area contributed by atoms with E-state index < -0.39 is 12.1 Å². The zero-order valence-electron chi connectivity index (χ0n) is 19.6. The van der Waals surface area contributed by atoms with Crippen LogP contribution < -0.4 is 4.74 Å². The van der Waals surface area contributed by atoms with Gasteiger partial charge in [-0.1, -0.05) is 45.9 Å². The lowest BCUT2D eigenvalue weighted by atomic mass is 9.90. The fourth-order valence-corrected chi connectivity index (χ4v) is 5.04. The summed E-state index contributed by atoms with van der Waals surface area (Å²) < 4.78 is 6.90. The predicted octanol–water partition coefficient (Wildman–Crippen LogP) is 6.82. The molecule has 0 saturated heterocycles. The van der Waals surface area contributed by atoms with Gasteiger partial charge in [0.05, 0.1) is 11.7 Å². The Balaban J connectivity index is 1.65. The van der Waals surface area contributed by atoms with Gasteiger partial charge in [0, 0.05) is 9.58 Å². The highest BCUT2D eigenvalue weighted by molar-refractivity contribution is 7.19. The average molecular weight is 455 g/mol. The number of benzene rings is 2. The number of aliphatic hydroxyl groups excluding tert-OH is 1. The molecule has 172 valence electrons. The molecule has 0 aliphatic carbocycles. The number of hydrogen-bond acceptors (Lipinski definition) is 4. The van der Waals surface area contributed by atoms with Crippen LogP contribution in [0.1, 0.15) is 72.8 Å². The van der Waals surface area contributed by atoms with Crippen LogP contribution in [-0.4, -0.2) is 28.9 Å². The van der Waals surface area contributed by atoms with Crippen LogP contribution >= 0.6 is 11.3 Å². The zero-order chi connectivity index (χ0) is 23.5. The normalized spacial score (nSPS) is 13.8. The van der Waals surface area contributed by atoms with Gasteiger partial charge in [-0.3, -0.25) is 0 Å². The van der Waals surface area contributed by atoms with Crippen molar-refractivity contribution in [3.8, 4) is 5.75 Å². The first kappa shape index (κ1) is 24.3.